The molecule has 4 heterocycles. The number of amides is 1. The second-order valence-corrected chi connectivity index (χ2v) is 6.78. The fraction of sp³-hybridized carbons (Fsp3) is 0.389. The molecule has 0 radical (unpaired) electrons. The van der Waals surface area contributed by atoms with Crippen molar-refractivity contribution >= 4 is 33.5 Å². The molecule has 1 atom stereocenters. The van der Waals surface area contributed by atoms with Crippen molar-refractivity contribution in [1.29, 1.82) is 0 Å². The molecule has 1 aliphatic heterocycles. The van der Waals surface area contributed by atoms with Crippen molar-refractivity contribution in [3.8, 4) is 0 Å². The van der Waals surface area contributed by atoms with Gasteiger partial charge >= 0.3 is 6.18 Å². The second kappa shape index (κ2) is 6.40. The molecule has 142 valence electrons. The van der Waals surface area contributed by atoms with Crippen LogP contribution in [0.4, 0.5) is 19.0 Å². The monoisotopic (exact) mass is 377 g/mol. The molecule has 3 aromatic rings. The number of hydrogen-bond donors (Lipinski definition) is 1. The van der Waals surface area contributed by atoms with Crippen molar-refractivity contribution in [2.24, 2.45) is 0 Å². The summed E-state index contributed by atoms with van der Waals surface area (Å²) in [7, 11) is 1.44. The Morgan fingerprint density at radius 1 is 1.37 bits per heavy atom. The number of nitrogens with zero attached hydrogens (tertiary/aromatic N) is 4. The normalized spacial score (nSPS) is 17.8. The van der Waals surface area contributed by atoms with Gasteiger partial charge in [-0.15, -0.1) is 0 Å². The lowest BCUT2D eigenvalue weighted by Gasteiger charge is -2.26. The summed E-state index contributed by atoms with van der Waals surface area (Å²) in [4.78, 5) is 27.1. The smallest absolute Gasteiger partial charge is 0.354 e. The number of hydrogen-bond acceptors (Lipinski definition) is 4. The molecule has 1 N–H and O–H groups in total. The van der Waals surface area contributed by atoms with Crippen molar-refractivity contribution in [2.45, 2.75) is 25.1 Å². The number of fused-ring (bicyclic) bond motifs is 3. The highest BCUT2D eigenvalue weighted by Gasteiger charge is 2.36. The summed E-state index contributed by atoms with van der Waals surface area (Å²) in [5.74, 6) is -0.142. The van der Waals surface area contributed by atoms with Gasteiger partial charge in [-0.25, -0.2) is 9.97 Å². The molecule has 0 saturated carbocycles. The van der Waals surface area contributed by atoms with Crippen LogP contribution >= 0.6 is 0 Å². The van der Waals surface area contributed by atoms with E-state index in [4.69, 9.17) is 0 Å². The first kappa shape index (κ1) is 17.6. The summed E-state index contributed by atoms with van der Waals surface area (Å²) in [6.45, 7) is 1.06. The molecule has 6 nitrogen and oxygen atoms in total. The van der Waals surface area contributed by atoms with Crippen LogP contribution in [-0.4, -0.2) is 58.1 Å². The molecule has 1 fully saturated rings. The Bertz CT molecular complexity index is 999. The van der Waals surface area contributed by atoms with E-state index in [-0.39, 0.29) is 6.04 Å². The van der Waals surface area contributed by atoms with Gasteiger partial charge in [0.25, 0.3) is 0 Å². The molecule has 4 rings (SSSR count). The lowest BCUT2D eigenvalue weighted by atomic mass is 10.1. The number of pyridine rings is 2. The third-order valence-electron chi connectivity index (χ3n) is 5.05. The highest BCUT2D eigenvalue weighted by Crippen LogP contribution is 2.33. The van der Waals surface area contributed by atoms with Crippen molar-refractivity contribution in [2.75, 3.05) is 25.0 Å². The van der Waals surface area contributed by atoms with E-state index in [1.54, 1.807) is 12.4 Å². The maximum absolute atomic E-state index is 12.5. The Morgan fingerprint density at radius 3 is 2.96 bits per heavy atom. The molecule has 1 unspecified atom stereocenters. The maximum atomic E-state index is 12.5. The Kier molecular flexibility index (Phi) is 4.16. The summed E-state index contributed by atoms with van der Waals surface area (Å²) in [5, 5.41) is 2.84. The molecule has 0 aliphatic carbocycles. The van der Waals surface area contributed by atoms with Crippen LogP contribution in [0.2, 0.25) is 0 Å². The summed E-state index contributed by atoms with van der Waals surface area (Å²) in [6.07, 6.45) is -0.0464. The van der Waals surface area contributed by atoms with E-state index in [2.05, 4.69) is 15.0 Å². The fourth-order valence-corrected chi connectivity index (χ4v) is 3.64. The standard InChI is InChI=1S/C18H18F3N5O/c1-25(14(27)8-18(19,20)21)12-4-7-26(10-12)17-15-11(2-5-23-17)9-24-16-13(15)3-6-22-16/h2-3,5-6,9,12H,4,7-8,10H2,1H3,(H,22,24). The number of carbonyl (C=O) groups excluding carboxylic acids is 1. The average Bonchev–Trinajstić information content (AvgIpc) is 3.28. The highest BCUT2D eigenvalue weighted by atomic mass is 19.4. The molecular formula is C18H18F3N5O. The molecule has 1 aliphatic rings. The van der Waals surface area contributed by atoms with Gasteiger partial charge < -0.3 is 14.8 Å². The maximum Gasteiger partial charge on any atom is 0.397 e. The molecule has 0 aromatic carbocycles. The largest absolute Gasteiger partial charge is 0.397 e. The number of likely N-dealkylation sites (N-methyl/N-ethyl adjacent to an activating group) is 1. The number of H-pyrrole nitrogens is 1. The van der Waals surface area contributed by atoms with Crippen LogP contribution in [0.3, 0.4) is 0 Å². The van der Waals surface area contributed by atoms with Gasteiger partial charge in [0, 0.05) is 54.9 Å². The van der Waals surface area contributed by atoms with E-state index in [1.807, 2.05) is 23.2 Å². The van der Waals surface area contributed by atoms with Crippen LogP contribution in [0.1, 0.15) is 12.8 Å². The van der Waals surface area contributed by atoms with Crippen LogP contribution < -0.4 is 4.90 Å². The van der Waals surface area contributed by atoms with Gasteiger partial charge in [-0.1, -0.05) is 0 Å². The van der Waals surface area contributed by atoms with E-state index in [1.165, 1.54) is 11.9 Å². The van der Waals surface area contributed by atoms with Crippen molar-refractivity contribution in [3.05, 3.63) is 30.7 Å². The van der Waals surface area contributed by atoms with Crippen molar-refractivity contribution < 1.29 is 18.0 Å². The molecule has 27 heavy (non-hydrogen) atoms. The van der Waals surface area contributed by atoms with E-state index in [0.717, 1.165) is 27.6 Å². The predicted molar refractivity (Wildman–Crippen MR) is 95.5 cm³/mol. The van der Waals surface area contributed by atoms with Gasteiger partial charge in [-0.05, 0) is 18.6 Å². The molecule has 1 amide bonds. The molecule has 0 bridgehead atoms. The Hall–Kier alpha value is -2.84. The third kappa shape index (κ3) is 3.29. The van der Waals surface area contributed by atoms with E-state index >= 15 is 0 Å². The first-order chi connectivity index (χ1) is 12.8. The summed E-state index contributed by atoms with van der Waals surface area (Å²) < 4.78 is 37.5. The SMILES string of the molecule is CN(C(=O)CC(F)(F)F)C1CCN(c2nccc3cnc4[nH]ccc4c23)C1. The first-order valence-corrected chi connectivity index (χ1v) is 8.61. The lowest BCUT2D eigenvalue weighted by Crippen LogP contribution is -2.40. The minimum absolute atomic E-state index is 0.277. The average molecular weight is 377 g/mol. The zero-order valence-corrected chi connectivity index (χ0v) is 14.6. The summed E-state index contributed by atoms with van der Waals surface area (Å²) in [5.41, 5.74) is 0.755. The summed E-state index contributed by atoms with van der Waals surface area (Å²) >= 11 is 0. The number of aromatic amines is 1. The summed E-state index contributed by atoms with van der Waals surface area (Å²) in [6, 6.07) is 3.54. The predicted octanol–water partition coefficient (Wildman–Crippen LogP) is 3.10. The van der Waals surface area contributed by atoms with Crippen LogP contribution in [0, 0.1) is 0 Å². The fourth-order valence-electron chi connectivity index (χ4n) is 3.64. The van der Waals surface area contributed by atoms with Crippen LogP contribution in [0.5, 0.6) is 0 Å². The zero-order chi connectivity index (χ0) is 19.2. The van der Waals surface area contributed by atoms with Crippen molar-refractivity contribution in [1.82, 2.24) is 19.9 Å². The molecule has 9 heteroatoms. The minimum atomic E-state index is -4.49. The number of nitrogens with one attached hydrogen (secondary N) is 1. The highest BCUT2D eigenvalue weighted by molar-refractivity contribution is 6.10. The molecular weight excluding hydrogens is 359 g/mol. The number of halogens is 3. The minimum Gasteiger partial charge on any atom is -0.354 e. The van der Waals surface area contributed by atoms with Gasteiger partial charge in [-0.2, -0.15) is 13.2 Å². The Balaban J connectivity index is 1.61. The van der Waals surface area contributed by atoms with Crippen LogP contribution in [-0.2, 0) is 4.79 Å². The van der Waals surface area contributed by atoms with Gasteiger partial charge in [-0.3, -0.25) is 4.79 Å². The number of aromatic nitrogens is 3. The van der Waals surface area contributed by atoms with Crippen molar-refractivity contribution in [3.63, 3.8) is 0 Å². The zero-order valence-electron chi connectivity index (χ0n) is 14.6. The van der Waals surface area contributed by atoms with Gasteiger partial charge in [0.2, 0.25) is 5.91 Å². The van der Waals surface area contributed by atoms with Crippen LogP contribution in [0.15, 0.2) is 30.7 Å². The van der Waals surface area contributed by atoms with Gasteiger partial charge in [0.05, 0.1) is 6.04 Å². The topological polar surface area (TPSA) is 65.1 Å². The first-order valence-electron chi connectivity index (χ1n) is 8.61. The molecule has 3 aromatic heterocycles. The molecule has 0 spiro atoms. The second-order valence-electron chi connectivity index (χ2n) is 6.78. The molecule has 1 saturated heterocycles. The number of anilines is 1. The van der Waals surface area contributed by atoms with E-state index in [0.29, 0.717) is 19.5 Å². The van der Waals surface area contributed by atoms with Crippen LogP contribution in [0.25, 0.3) is 21.8 Å². The number of rotatable bonds is 3. The van der Waals surface area contributed by atoms with Gasteiger partial charge in [0.1, 0.15) is 17.9 Å². The number of carbonyl (C=O) groups is 1. The third-order valence-corrected chi connectivity index (χ3v) is 5.05. The van der Waals surface area contributed by atoms with E-state index in [9.17, 15) is 18.0 Å². The van der Waals surface area contributed by atoms with Gasteiger partial charge in [0.15, 0.2) is 0 Å². The number of alkyl halides is 3. The Labute approximate surface area is 153 Å². The Morgan fingerprint density at radius 2 is 2.19 bits per heavy atom. The quantitative estimate of drug-likeness (QED) is 0.762. The van der Waals surface area contributed by atoms with E-state index < -0.39 is 18.5 Å². The lowest BCUT2D eigenvalue weighted by molar-refractivity contribution is -0.161.